The van der Waals surface area contributed by atoms with Crippen LogP contribution in [0, 0.1) is 0 Å². The Bertz CT molecular complexity index is 1430. The van der Waals surface area contributed by atoms with Crippen molar-refractivity contribution in [2.24, 2.45) is 4.99 Å². The number of amides is 2. The van der Waals surface area contributed by atoms with Gasteiger partial charge in [-0.25, -0.2) is 19.7 Å². The number of ether oxygens (including phenoxy) is 2. The predicted octanol–water partition coefficient (Wildman–Crippen LogP) is 3.91. The lowest BCUT2D eigenvalue weighted by molar-refractivity contribution is 0.0158. The maximum absolute atomic E-state index is 13.2. The summed E-state index contributed by atoms with van der Waals surface area (Å²) in [4.78, 5) is 46.9. The third kappa shape index (κ3) is 6.96. The summed E-state index contributed by atoms with van der Waals surface area (Å²) in [5.74, 6) is 1.04. The summed E-state index contributed by atoms with van der Waals surface area (Å²) in [7, 11) is 1.63. The fourth-order valence-corrected chi connectivity index (χ4v) is 4.77. The van der Waals surface area contributed by atoms with E-state index in [-0.39, 0.29) is 30.5 Å². The predicted molar refractivity (Wildman–Crippen MR) is 157 cm³/mol. The molecular formula is C29H36N8O5. The first-order valence-corrected chi connectivity index (χ1v) is 13.9. The van der Waals surface area contributed by atoms with E-state index in [1.807, 2.05) is 25.7 Å². The second-order valence-electron chi connectivity index (χ2n) is 11.3. The van der Waals surface area contributed by atoms with Gasteiger partial charge >= 0.3 is 6.09 Å². The van der Waals surface area contributed by atoms with Crippen LogP contribution >= 0.6 is 0 Å². The van der Waals surface area contributed by atoms with E-state index in [2.05, 4.69) is 30.2 Å². The Morgan fingerprint density at radius 2 is 2.00 bits per heavy atom. The van der Waals surface area contributed by atoms with Gasteiger partial charge in [-0.1, -0.05) is 0 Å². The Morgan fingerprint density at radius 1 is 1.19 bits per heavy atom. The van der Waals surface area contributed by atoms with Crippen molar-refractivity contribution in [3.8, 4) is 5.75 Å². The highest BCUT2D eigenvalue weighted by atomic mass is 16.6. The molecule has 1 saturated carbocycles. The maximum Gasteiger partial charge on any atom is 0.410 e. The molecular weight excluding hydrogens is 540 g/mol. The van der Waals surface area contributed by atoms with Crippen molar-refractivity contribution < 1.29 is 23.5 Å². The zero-order valence-electron chi connectivity index (χ0n) is 24.2. The molecule has 3 heterocycles. The number of nitrogens with one attached hydrogen (secondary N) is 1. The van der Waals surface area contributed by atoms with E-state index in [1.54, 1.807) is 37.8 Å². The number of anilines is 3. The van der Waals surface area contributed by atoms with E-state index in [4.69, 9.17) is 19.6 Å². The molecule has 2 fully saturated rings. The number of hydrogen-bond donors (Lipinski definition) is 2. The molecule has 0 unspecified atom stereocenters. The van der Waals surface area contributed by atoms with Crippen LogP contribution in [-0.2, 0) is 11.3 Å². The third-order valence-electron chi connectivity index (χ3n) is 6.85. The lowest BCUT2D eigenvalue weighted by Crippen LogP contribution is -2.46. The Kier molecular flexibility index (Phi) is 8.27. The molecule has 3 N–H and O–H groups in total. The molecule has 1 aliphatic carbocycles. The van der Waals surface area contributed by atoms with Crippen molar-refractivity contribution in [2.75, 3.05) is 36.1 Å². The molecule has 1 aliphatic heterocycles. The van der Waals surface area contributed by atoms with Crippen LogP contribution in [0.1, 0.15) is 61.8 Å². The van der Waals surface area contributed by atoms with Crippen molar-refractivity contribution in [1.82, 2.24) is 19.9 Å². The van der Waals surface area contributed by atoms with Crippen LogP contribution in [0.3, 0.4) is 0 Å². The normalized spacial score (nSPS) is 17.0. The van der Waals surface area contributed by atoms with Gasteiger partial charge in [0, 0.05) is 49.7 Å². The number of carbonyl (C=O) groups is 2. The highest BCUT2D eigenvalue weighted by molar-refractivity contribution is 6.04. The van der Waals surface area contributed by atoms with Crippen LogP contribution in [0.25, 0.3) is 0 Å². The van der Waals surface area contributed by atoms with E-state index in [9.17, 15) is 9.59 Å². The third-order valence-corrected chi connectivity index (χ3v) is 6.85. The molecule has 0 radical (unpaired) electrons. The molecule has 2 amide bonds. The zero-order chi connectivity index (χ0) is 29.9. The Hall–Kier alpha value is -4.68. The number of benzene rings is 1. The van der Waals surface area contributed by atoms with Crippen molar-refractivity contribution in [1.29, 1.82) is 0 Å². The van der Waals surface area contributed by atoms with Gasteiger partial charge in [-0.05, 0) is 46.1 Å². The standard InChI is InChI=1S/C29H36N8O5/c1-29(2,3)42-28(39)37(19-5-6-19)20-7-8-36(15-20)26-14-33-24(13-34-26)27(38)35-23-9-18(11-31-4)22(30)10-25(23)40-16-21-12-32-17-41-21/h9-14,17,19-20H,5-8,15-16,30H2,1-4H3,(H,35,38)/t20-/m1/s1. The Morgan fingerprint density at radius 3 is 2.64 bits per heavy atom. The fourth-order valence-electron chi connectivity index (χ4n) is 4.77. The molecule has 42 heavy (non-hydrogen) atoms. The minimum Gasteiger partial charge on any atom is -0.483 e. The van der Waals surface area contributed by atoms with Crippen LogP contribution in [0.2, 0.25) is 0 Å². The summed E-state index contributed by atoms with van der Waals surface area (Å²) >= 11 is 0. The SMILES string of the molecule is CN=Cc1cc(NC(=O)c2cnc(N3CC[C@@H](N(C(=O)OC(C)(C)C)C4CC4)C3)cn2)c(OCc2cnco2)cc1N. The first kappa shape index (κ1) is 28.8. The fraction of sp³-hybridized carbons (Fsp3) is 0.448. The van der Waals surface area contributed by atoms with Gasteiger partial charge in [0.15, 0.2) is 12.2 Å². The van der Waals surface area contributed by atoms with E-state index in [0.717, 1.165) is 25.8 Å². The average molecular weight is 577 g/mol. The van der Waals surface area contributed by atoms with Gasteiger partial charge in [0.2, 0.25) is 0 Å². The summed E-state index contributed by atoms with van der Waals surface area (Å²) < 4.78 is 16.8. The number of nitrogens with zero attached hydrogens (tertiary/aromatic N) is 6. The largest absolute Gasteiger partial charge is 0.483 e. The number of carbonyl (C=O) groups excluding carboxylic acids is 2. The van der Waals surface area contributed by atoms with Gasteiger partial charge < -0.3 is 34.7 Å². The van der Waals surface area contributed by atoms with Gasteiger partial charge in [0.1, 0.15) is 29.5 Å². The molecule has 5 rings (SSSR count). The maximum atomic E-state index is 13.2. The van der Waals surface area contributed by atoms with Crippen molar-refractivity contribution >= 4 is 35.4 Å². The molecule has 13 heteroatoms. The Labute approximate surface area is 244 Å². The molecule has 222 valence electrons. The summed E-state index contributed by atoms with van der Waals surface area (Å²) in [5, 5.41) is 2.84. The first-order chi connectivity index (χ1) is 20.1. The van der Waals surface area contributed by atoms with Crippen molar-refractivity contribution in [3.63, 3.8) is 0 Å². The van der Waals surface area contributed by atoms with Crippen LogP contribution < -0.4 is 20.7 Å². The average Bonchev–Trinajstić information content (AvgIpc) is 3.40. The second kappa shape index (κ2) is 12.0. The summed E-state index contributed by atoms with van der Waals surface area (Å²) in [6, 6.07) is 3.55. The molecule has 2 aliphatic rings. The number of aliphatic imine (C=N–C) groups is 1. The van der Waals surface area contributed by atoms with Crippen LogP contribution in [-0.4, -0.2) is 75.9 Å². The first-order valence-electron chi connectivity index (χ1n) is 13.9. The summed E-state index contributed by atoms with van der Waals surface area (Å²) in [6.45, 7) is 7.07. The molecule has 1 saturated heterocycles. The topological polar surface area (TPSA) is 161 Å². The van der Waals surface area contributed by atoms with Crippen molar-refractivity contribution in [3.05, 3.63) is 54.1 Å². The van der Waals surface area contributed by atoms with Crippen molar-refractivity contribution in [2.45, 2.75) is 64.3 Å². The Balaban J connectivity index is 1.26. The monoisotopic (exact) mass is 576 g/mol. The van der Waals surface area contributed by atoms with Gasteiger partial charge in [-0.2, -0.15) is 0 Å². The smallest absolute Gasteiger partial charge is 0.410 e. The van der Waals surface area contributed by atoms with Gasteiger partial charge in [-0.15, -0.1) is 0 Å². The number of nitrogen functional groups attached to an aromatic ring is 1. The number of oxazole rings is 1. The van der Waals surface area contributed by atoms with Gasteiger partial charge in [0.05, 0.1) is 30.3 Å². The van der Waals surface area contributed by atoms with E-state index in [1.165, 1.54) is 12.6 Å². The molecule has 2 aromatic heterocycles. The number of hydrogen-bond acceptors (Lipinski definition) is 11. The van der Waals surface area contributed by atoms with Crippen LogP contribution in [0.5, 0.6) is 5.75 Å². The minimum absolute atomic E-state index is 0.0267. The van der Waals surface area contributed by atoms with E-state index >= 15 is 0 Å². The van der Waals surface area contributed by atoms with E-state index in [0.29, 0.717) is 40.8 Å². The quantitative estimate of drug-likeness (QED) is 0.282. The van der Waals surface area contributed by atoms with Gasteiger partial charge in [0.25, 0.3) is 5.91 Å². The second-order valence-corrected chi connectivity index (χ2v) is 11.3. The van der Waals surface area contributed by atoms with Crippen LogP contribution in [0.4, 0.5) is 22.0 Å². The highest BCUT2D eigenvalue weighted by Crippen LogP contribution is 2.34. The molecule has 13 nitrogen and oxygen atoms in total. The highest BCUT2D eigenvalue weighted by Gasteiger charge is 2.42. The summed E-state index contributed by atoms with van der Waals surface area (Å²) in [5.41, 5.74) is 7.19. The lowest BCUT2D eigenvalue weighted by atomic mass is 10.1. The van der Waals surface area contributed by atoms with Gasteiger partial charge in [-0.3, -0.25) is 9.79 Å². The molecule has 1 atom stereocenters. The number of nitrogens with two attached hydrogens (primary N) is 1. The zero-order valence-corrected chi connectivity index (χ0v) is 24.2. The van der Waals surface area contributed by atoms with E-state index < -0.39 is 11.5 Å². The molecule has 3 aromatic rings. The molecule has 0 bridgehead atoms. The number of aromatic nitrogens is 3. The molecule has 1 aromatic carbocycles. The number of rotatable bonds is 9. The minimum atomic E-state index is -0.550. The lowest BCUT2D eigenvalue weighted by Gasteiger charge is -2.31. The van der Waals surface area contributed by atoms with Crippen LogP contribution in [0.15, 0.2) is 46.5 Å². The molecule has 0 spiro atoms. The summed E-state index contributed by atoms with van der Waals surface area (Å²) in [6.07, 6.45) is 9.98.